The fourth-order valence-corrected chi connectivity index (χ4v) is 0.808. The van der Waals surface area contributed by atoms with Crippen molar-refractivity contribution in [3.8, 4) is 0 Å². The maximum atomic E-state index is 11.2. The molecule has 0 aliphatic rings. The molecule has 15 heavy (non-hydrogen) atoms. The first-order valence-electron chi connectivity index (χ1n) is 4.57. The maximum absolute atomic E-state index is 11.2. The zero-order valence-electron chi connectivity index (χ0n) is 9.24. The predicted molar refractivity (Wildman–Crippen MR) is 53.4 cm³/mol. The van der Waals surface area contributed by atoms with Gasteiger partial charge in [0.2, 0.25) is 0 Å². The molecule has 0 rings (SSSR count). The second kappa shape index (κ2) is 4.59. The van der Waals surface area contributed by atoms with Crippen molar-refractivity contribution in [2.24, 2.45) is 11.5 Å². The van der Waals surface area contributed by atoms with Gasteiger partial charge >= 0.3 is 5.97 Å². The van der Waals surface area contributed by atoms with Crippen molar-refractivity contribution in [1.82, 2.24) is 0 Å². The molecule has 0 bridgehead atoms. The first kappa shape index (κ1) is 13.9. The van der Waals surface area contributed by atoms with Gasteiger partial charge in [0.1, 0.15) is 5.60 Å². The molecular formula is C9H18N2O4. The van der Waals surface area contributed by atoms with E-state index < -0.39 is 23.2 Å². The van der Waals surface area contributed by atoms with Gasteiger partial charge in [-0.25, -0.2) is 0 Å². The highest BCUT2D eigenvalue weighted by Gasteiger charge is 2.30. The van der Waals surface area contributed by atoms with Crippen LogP contribution in [-0.2, 0) is 14.3 Å². The summed E-state index contributed by atoms with van der Waals surface area (Å²) >= 11 is 0. The van der Waals surface area contributed by atoms with Crippen molar-refractivity contribution in [1.29, 1.82) is 0 Å². The Bertz CT molecular complexity index is 255. The third kappa shape index (κ3) is 6.03. The summed E-state index contributed by atoms with van der Waals surface area (Å²) < 4.78 is 4.96. The summed E-state index contributed by atoms with van der Waals surface area (Å²) in [6.45, 7) is 5.15. The van der Waals surface area contributed by atoms with Gasteiger partial charge in [-0.15, -0.1) is 0 Å². The van der Waals surface area contributed by atoms with Gasteiger partial charge in [0.15, 0.2) is 5.72 Å². The average molecular weight is 218 g/mol. The molecule has 0 aliphatic carbocycles. The van der Waals surface area contributed by atoms with Crippen LogP contribution >= 0.6 is 0 Å². The van der Waals surface area contributed by atoms with Crippen molar-refractivity contribution in [3.63, 3.8) is 0 Å². The fraction of sp³-hybridized carbons (Fsp3) is 0.778. The minimum atomic E-state index is -2.16. The van der Waals surface area contributed by atoms with Gasteiger partial charge < -0.3 is 15.6 Å². The predicted octanol–water partition coefficient (Wildman–Crippen LogP) is -0.759. The van der Waals surface area contributed by atoms with E-state index >= 15 is 0 Å². The SMILES string of the molecule is CC(C)(C)OC(=O)CCC(N)(O)C(N)=O. The minimum absolute atomic E-state index is 0.160. The Morgan fingerprint density at radius 3 is 2.13 bits per heavy atom. The second-order valence-electron chi connectivity index (χ2n) is 4.37. The van der Waals surface area contributed by atoms with Gasteiger partial charge in [-0.3, -0.25) is 15.3 Å². The summed E-state index contributed by atoms with van der Waals surface area (Å²) in [6.07, 6.45) is -0.412. The Balaban J connectivity index is 4.07. The zero-order chi connectivity index (χ0) is 12.3. The van der Waals surface area contributed by atoms with Crippen molar-refractivity contribution in [2.45, 2.75) is 44.9 Å². The van der Waals surface area contributed by atoms with Crippen LogP contribution in [0.2, 0.25) is 0 Å². The van der Waals surface area contributed by atoms with Gasteiger partial charge in [0.25, 0.3) is 5.91 Å². The summed E-state index contributed by atoms with van der Waals surface area (Å²) in [7, 11) is 0. The van der Waals surface area contributed by atoms with Crippen LogP contribution in [0, 0.1) is 0 Å². The number of carbonyl (C=O) groups excluding carboxylic acids is 2. The number of rotatable bonds is 4. The third-order valence-corrected chi connectivity index (χ3v) is 1.56. The molecule has 6 nitrogen and oxygen atoms in total. The molecule has 0 aromatic carbocycles. The number of ether oxygens (including phenoxy) is 1. The average Bonchev–Trinajstić information content (AvgIpc) is 1.97. The highest BCUT2D eigenvalue weighted by molar-refractivity contribution is 5.83. The van der Waals surface area contributed by atoms with Crippen molar-refractivity contribution in [2.75, 3.05) is 0 Å². The summed E-state index contributed by atoms with van der Waals surface area (Å²) in [5.41, 5.74) is 7.21. The van der Waals surface area contributed by atoms with Gasteiger partial charge in [0.05, 0.1) is 6.42 Å². The van der Waals surface area contributed by atoms with Gasteiger partial charge in [0, 0.05) is 6.42 Å². The molecule has 0 radical (unpaired) electrons. The van der Waals surface area contributed by atoms with Crippen LogP contribution < -0.4 is 11.5 Å². The zero-order valence-corrected chi connectivity index (χ0v) is 9.24. The third-order valence-electron chi connectivity index (χ3n) is 1.56. The first-order valence-corrected chi connectivity index (χ1v) is 4.57. The lowest BCUT2D eigenvalue weighted by Gasteiger charge is -2.22. The molecule has 0 aromatic rings. The number of aliphatic hydroxyl groups is 1. The largest absolute Gasteiger partial charge is 0.460 e. The number of hydrogen-bond donors (Lipinski definition) is 3. The van der Waals surface area contributed by atoms with E-state index in [2.05, 4.69) is 0 Å². The smallest absolute Gasteiger partial charge is 0.306 e. The van der Waals surface area contributed by atoms with E-state index in [-0.39, 0.29) is 12.8 Å². The van der Waals surface area contributed by atoms with Crippen LogP contribution in [0.4, 0.5) is 0 Å². The van der Waals surface area contributed by atoms with Crippen LogP contribution in [0.25, 0.3) is 0 Å². The lowest BCUT2D eigenvalue weighted by molar-refractivity contribution is -0.156. The normalized spacial score (nSPS) is 15.5. The molecule has 0 fully saturated rings. The lowest BCUT2D eigenvalue weighted by atomic mass is 10.1. The molecular weight excluding hydrogens is 200 g/mol. The topological polar surface area (TPSA) is 116 Å². The van der Waals surface area contributed by atoms with Crippen molar-refractivity contribution in [3.05, 3.63) is 0 Å². The van der Waals surface area contributed by atoms with Crippen LogP contribution in [0.15, 0.2) is 0 Å². The summed E-state index contributed by atoms with van der Waals surface area (Å²) in [6, 6.07) is 0. The number of esters is 1. The number of amides is 1. The lowest BCUT2D eigenvalue weighted by Crippen LogP contribution is -2.52. The van der Waals surface area contributed by atoms with Crippen molar-refractivity contribution < 1.29 is 19.4 Å². The number of carbonyl (C=O) groups is 2. The monoisotopic (exact) mass is 218 g/mol. The second-order valence-corrected chi connectivity index (χ2v) is 4.37. The highest BCUT2D eigenvalue weighted by atomic mass is 16.6. The van der Waals surface area contributed by atoms with E-state index in [9.17, 15) is 14.7 Å². The molecule has 6 heteroatoms. The molecule has 1 unspecified atom stereocenters. The van der Waals surface area contributed by atoms with Crippen molar-refractivity contribution >= 4 is 11.9 Å². The number of primary amides is 1. The molecule has 0 saturated heterocycles. The first-order chi connectivity index (χ1) is 6.54. The van der Waals surface area contributed by atoms with Gasteiger partial charge in [-0.05, 0) is 20.8 Å². The highest BCUT2D eigenvalue weighted by Crippen LogP contribution is 2.11. The van der Waals surface area contributed by atoms with E-state index in [0.717, 1.165) is 0 Å². The Labute approximate surface area is 88.6 Å². The molecule has 88 valence electrons. The molecule has 0 aliphatic heterocycles. The van der Waals surface area contributed by atoms with E-state index in [4.69, 9.17) is 16.2 Å². The number of nitrogens with two attached hydrogens (primary N) is 2. The Hall–Kier alpha value is -1.14. The molecule has 1 amide bonds. The molecule has 0 aromatic heterocycles. The fourth-order valence-electron chi connectivity index (χ4n) is 0.808. The van der Waals surface area contributed by atoms with E-state index in [1.807, 2.05) is 0 Å². The standard InChI is InChI=1S/C9H18N2O4/c1-8(2,3)15-6(12)4-5-9(11,14)7(10)13/h14H,4-5,11H2,1-3H3,(H2,10,13). The van der Waals surface area contributed by atoms with Gasteiger partial charge in [-0.1, -0.05) is 0 Å². The maximum Gasteiger partial charge on any atom is 0.306 e. The van der Waals surface area contributed by atoms with E-state index in [1.165, 1.54) is 0 Å². The van der Waals surface area contributed by atoms with E-state index in [0.29, 0.717) is 0 Å². The Kier molecular flexibility index (Phi) is 4.24. The Morgan fingerprint density at radius 2 is 1.80 bits per heavy atom. The van der Waals surface area contributed by atoms with E-state index in [1.54, 1.807) is 20.8 Å². The molecule has 5 N–H and O–H groups in total. The minimum Gasteiger partial charge on any atom is -0.460 e. The van der Waals surface area contributed by atoms with Crippen LogP contribution in [-0.4, -0.2) is 28.3 Å². The number of hydrogen-bond acceptors (Lipinski definition) is 5. The Morgan fingerprint density at radius 1 is 1.33 bits per heavy atom. The molecule has 0 spiro atoms. The summed E-state index contributed by atoms with van der Waals surface area (Å²) in [5, 5.41) is 9.23. The van der Waals surface area contributed by atoms with Crippen LogP contribution in [0.5, 0.6) is 0 Å². The molecule has 1 atom stereocenters. The molecule has 0 saturated carbocycles. The summed E-state index contributed by atoms with van der Waals surface area (Å²) in [4.78, 5) is 21.8. The van der Waals surface area contributed by atoms with Gasteiger partial charge in [-0.2, -0.15) is 0 Å². The quantitative estimate of drug-likeness (QED) is 0.423. The van der Waals surface area contributed by atoms with Crippen LogP contribution in [0.1, 0.15) is 33.6 Å². The summed E-state index contributed by atoms with van der Waals surface area (Å²) in [5.74, 6) is -1.60. The van der Waals surface area contributed by atoms with Crippen LogP contribution in [0.3, 0.4) is 0 Å². The molecule has 0 heterocycles.